The summed E-state index contributed by atoms with van der Waals surface area (Å²) in [5, 5.41) is 4.91. The van der Waals surface area contributed by atoms with Gasteiger partial charge in [-0.2, -0.15) is 11.8 Å². The lowest BCUT2D eigenvalue weighted by Gasteiger charge is -2.39. The van der Waals surface area contributed by atoms with E-state index in [2.05, 4.69) is 64.3 Å². The highest BCUT2D eigenvalue weighted by molar-refractivity contribution is 9.10. The molecule has 1 aliphatic heterocycles. The Bertz CT molecular complexity index is 627. The number of aromatic nitrogens is 1. The van der Waals surface area contributed by atoms with E-state index in [1.165, 1.54) is 23.3 Å². The summed E-state index contributed by atoms with van der Waals surface area (Å²) in [6.45, 7) is 4.72. The van der Waals surface area contributed by atoms with Gasteiger partial charge in [0.05, 0.1) is 11.2 Å². The number of pyridine rings is 1. The van der Waals surface area contributed by atoms with Crippen LogP contribution >= 0.6 is 27.7 Å². The smallest absolute Gasteiger partial charge is 0.0934 e. The molecule has 2 heterocycles. The van der Waals surface area contributed by atoms with E-state index in [1.54, 1.807) is 0 Å². The van der Waals surface area contributed by atoms with Crippen LogP contribution in [-0.4, -0.2) is 22.5 Å². The van der Waals surface area contributed by atoms with E-state index in [4.69, 9.17) is 0 Å². The third-order valence-corrected chi connectivity index (χ3v) is 5.62. The van der Waals surface area contributed by atoms with Crippen LogP contribution in [0, 0.1) is 5.41 Å². The van der Waals surface area contributed by atoms with E-state index >= 15 is 0 Å². The molecule has 0 amide bonds. The van der Waals surface area contributed by atoms with Crippen LogP contribution in [-0.2, 0) is 0 Å². The summed E-state index contributed by atoms with van der Waals surface area (Å²) in [5.74, 6) is 2.44. The van der Waals surface area contributed by atoms with Gasteiger partial charge in [0.15, 0.2) is 0 Å². The molecule has 0 radical (unpaired) electrons. The Hall–Kier alpha value is -0.740. The van der Waals surface area contributed by atoms with E-state index in [0.29, 0.717) is 11.5 Å². The third kappa shape index (κ3) is 2.82. The van der Waals surface area contributed by atoms with E-state index in [0.717, 1.165) is 15.7 Å². The van der Waals surface area contributed by atoms with Crippen LogP contribution in [0.15, 0.2) is 34.9 Å². The van der Waals surface area contributed by atoms with Gasteiger partial charge in [-0.25, -0.2) is 0 Å². The van der Waals surface area contributed by atoms with Crippen LogP contribution < -0.4 is 5.32 Å². The summed E-state index contributed by atoms with van der Waals surface area (Å²) in [6, 6.07) is 8.96. The van der Waals surface area contributed by atoms with Crippen molar-refractivity contribution in [1.29, 1.82) is 0 Å². The molecule has 1 unspecified atom stereocenters. The Kier molecular flexibility index (Phi) is 3.95. The molecule has 0 bridgehead atoms. The van der Waals surface area contributed by atoms with Crippen molar-refractivity contribution in [3.05, 3.63) is 34.9 Å². The number of fused-ring (bicyclic) bond motifs is 1. The molecule has 1 aromatic carbocycles. The molecule has 2 aromatic rings. The Morgan fingerprint density at radius 1 is 1.40 bits per heavy atom. The van der Waals surface area contributed by atoms with Gasteiger partial charge in [0, 0.05) is 27.9 Å². The quantitative estimate of drug-likeness (QED) is 0.829. The second-order valence-corrected chi connectivity index (χ2v) is 8.11. The number of halogens is 1. The summed E-state index contributed by atoms with van der Waals surface area (Å²) in [7, 11) is 0. The predicted molar refractivity (Wildman–Crippen MR) is 92.6 cm³/mol. The number of hydrogen-bond donors (Lipinski definition) is 1. The Balaban J connectivity index is 1.94. The second-order valence-electron chi connectivity index (χ2n) is 6.04. The highest BCUT2D eigenvalue weighted by Crippen LogP contribution is 2.37. The first-order valence-corrected chi connectivity index (χ1v) is 8.90. The van der Waals surface area contributed by atoms with Crippen LogP contribution in [0.1, 0.15) is 20.3 Å². The number of benzene rings is 1. The number of para-hydroxylation sites is 1. The molecule has 106 valence electrons. The van der Waals surface area contributed by atoms with Gasteiger partial charge in [0.25, 0.3) is 0 Å². The average Bonchev–Trinajstić information content (AvgIpc) is 2.41. The Morgan fingerprint density at radius 2 is 2.25 bits per heavy atom. The molecular formula is C16H19BrN2S. The van der Waals surface area contributed by atoms with Crippen molar-refractivity contribution in [2.75, 3.05) is 16.8 Å². The van der Waals surface area contributed by atoms with Crippen molar-refractivity contribution in [3.63, 3.8) is 0 Å². The molecule has 0 spiro atoms. The molecule has 0 saturated carbocycles. The number of hydrogen-bond acceptors (Lipinski definition) is 3. The molecule has 1 aliphatic rings. The van der Waals surface area contributed by atoms with E-state index in [1.807, 2.05) is 18.0 Å². The van der Waals surface area contributed by atoms with Crippen molar-refractivity contribution in [2.45, 2.75) is 26.3 Å². The molecule has 20 heavy (non-hydrogen) atoms. The molecule has 1 N–H and O–H groups in total. The number of thioether (sulfide) groups is 1. The first-order chi connectivity index (χ1) is 9.56. The normalized spacial score (nSPS) is 21.9. The summed E-state index contributed by atoms with van der Waals surface area (Å²) < 4.78 is 1.02. The van der Waals surface area contributed by atoms with Crippen LogP contribution in [0.5, 0.6) is 0 Å². The van der Waals surface area contributed by atoms with Crippen molar-refractivity contribution in [2.24, 2.45) is 5.41 Å². The molecule has 1 saturated heterocycles. The van der Waals surface area contributed by atoms with Gasteiger partial charge < -0.3 is 5.32 Å². The van der Waals surface area contributed by atoms with Gasteiger partial charge in [-0.3, -0.25) is 4.98 Å². The standard InChI is InChI=1S/C16H19BrN2S/c1-16(2)6-7-20-10-14(16)19-13-5-3-4-11-8-12(17)9-18-15(11)13/h3-5,8-9,14,19H,6-7,10H2,1-2H3. The number of nitrogens with one attached hydrogen (secondary N) is 1. The summed E-state index contributed by atoms with van der Waals surface area (Å²) >= 11 is 5.53. The lowest BCUT2D eigenvalue weighted by molar-refractivity contribution is 0.305. The molecular weight excluding hydrogens is 332 g/mol. The molecule has 3 rings (SSSR count). The first kappa shape index (κ1) is 14.2. The van der Waals surface area contributed by atoms with Gasteiger partial charge in [-0.05, 0) is 45.7 Å². The van der Waals surface area contributed by atoms with Gasteiger partial charge in [-0.15, -0.1) is 0 Å². The zero-order valence-electron chi connectivity index (χ0n) is 11.8. The van der Waals surface area contributed by atoms with Crippen molar-refractivity contribution >= 4 is 44.3 Å². The number of rotatable bonds is 2. The highest BCUT2D eigenvalue weighted by atomic mass is 79.9. The van der Waals surface area contributed by atoms with Gasteiger partial charge >= 0.3 is 0 Å². The lowest BCUT2D eigenvalue weighted by Crippen LogP contribution is -2.41. The zero-order valence-corrected chi connectivity index (χ0v) is 14.2. The van der Waals surface area contributed by atoms with Crippen molar-refractivity contribution in [1.82, 2.24) is 4.98 Å². The SMILES string of the molecule is CC1(C)CCSCC1Nc1cccc2cc(Br)cnc12. The maximum Gasteiger partial charge on any atom is 0.0934 e. The van der Waals surface area contributed by atoms with Crippen molar-refractivity contribution in [3.8, 4) is 0 Å². The minimum absolute atomic E-state index is 0.336. The molecule has 1 fully saturated rings. The van der Waals surface area contributed by atoms with Crippen molar-refractivity contribution < 1.29 is 0 Å². The van der Waals surface area contributed by atoms with E-state index in [-0.39, 0.29) is 0 Å². The fraction of sp³-hybridized carbons (Fsp3) is 0.438. The summed E-state index contributed by atoms with van der Waals surface area (Å²) in [6.07, 6.45) is 3.13. The zero-order chi connectivity index (χ0) is 14.2. The largest absolute Gasteiger partial charge is 0.379 e. The minimum atomic E-state index is 0.336. The number of nitrogens with zero attached hydrogens (tertiary/aromatic N) is 1. The van der Waals surface area contributed by atoms with Gasteiger partial charge in [0.2, 0.25) is 0 Å². The molecule has 4 heteroatoms. The van der Waals surface area contributed by atoms with Crippen LogP contribution in [0.3, 0.4) is 0 Å². The fourth-order valence-corrected chi connectivity index (χ4v) is 4.57. The topological polar surface area (TPSA) is 24.9 Å². The Labute approximate surface area is 132 Å². The first-order valence-electron chi connectivity index (χ1n) is 6.95. The average molecular weight is 351 g/mol. The maximum absolute atomic E-state index is 4.58. The second kappa shape index (κ2) is 5.57. The van der Waals surface area contributed by atoms with E-state index in [9.17, 15) is 0 Å². The van der Waals surface area contributed by atoms with Crippen LogP contribution in [0.2, 0.25) is 0 Å². The number of anilines is 1. The van der Waals surface area contributed by atoms with Crippen LogP contribution in [0.25, 0.3) is 10.9 Å². The summed E-state index contributed by atoms with van der Waals surface area (Å²) in [5.41, 5.74) is 2.54. The monoisotopic (exact) mass is 350 g/mol. The van der Waals surface area contributed by atoms with Gasteiger partial charge in [0.1, 0.15) is 0 Å². The van der Waals surface area contributed by atoms with E-state index < -0.39 is 0 Å². The van der Waals surface area contributed by atoms with Gasteiger partial charge in [-0.1, -0.05) is 26.0 Å². The molecule has 1 aromatic heterocycles. The fourth-order valence-electron chi connectivity index (χ4n) is 2.61. The summed E-state index contributed by atoms with van der Waals surface area (Å²) in [4.78, 5) is 4.58. The Morgan fingerprint density at radius 3 is 3.05 bits per heavy atom. The molecule has 2 nitrogen and oxygen atoms in total. The third-order valence-electron chi connectivity index (χ3n) is 4.13. The highest BCUT2D eigenvalue weighted by Gasteiger charge is 2.32. The predicted octanol–water partition coefficient (Wildman–Crippen LogP) is 4.94. The lowest BCUT2D eigenvalue weighted by atomic mass is 9.82. The molecule has 0 aliphatic carbocycles. The maximum atomic E-state index is 4.58. The minimum Gasteiger partial charge on any atom is -0.379 e. The molecule has 1 atom stereocenters. The van der Waals surface area contributed by atoms with Crippen LogP contribution in [0.4, 0.5) is 5.69 Å².